The third-order valence-electron chi connectivity index (χ3n) is 5.99. The van der Waals surface area contributed by atoms with Crippen LogP contribution in [0.2, 0.25) is 0 Å². The second kappa shape index (κ2) is 10.7. The van der Waals surface area contributed by atoms with E-state index in [4.69, 9.17) is 0 Å². The Labute approximate surface area is 216 Å². The van der Waals surface area contributed by atoms with Crippen molar-refractivity contribution < 1.29 is 9.59 Å². The van der Waals surface area contributed by atoms with Gasteiger partial charge < -0.3 is 4.90 Å². The lowest BCUT2D eigenvalue weighted by Gasteiger charge is -2.19. The quantitative estimate of drug-likeness (QED) is 0.251. The number of fused-ring (bicyclic) bond motifs is 1. The zero-order chi connectivity index (χ0) is 25.1. The van der Waals surface area contributed by atoms with E-state index in [0.717, 1.165) is 21.0 Å². The molecule has 0 bridgehead atoms. The number of benzene rings is 2. The van der Waals surface area contributed by atoms with Gasteiger partial charge in [-0.1, -0.05) is 53.2 Å². The lowest BCUT2D eigenvalue weighted by Crippen LogP contribution is -2.30. The van der Waals surface area contributed by atoms with E-state index in [1.54, 1.807) is 23.3 Å². The van der Waals surface area contributed by atoms with E-state index in [-0.39, 0.29) is 30.2 Å². The van der Waals surface area contributed by atoms with Crippen LogP contribution in [0.25, 0.3) is 21.9 Å². The molecule has 180 valence electrons. The Morgan fingerprint density at radius 3 is 2.40 bits per heavy atom. The molecule has 8 heteroatoms. The van der Waals surface area contributed by atoms with Crippen LogP contribution in [0.5, 0.6) is 0 Å². The van der Waals surface area contributed by atoms with Crippen LogP contribution in [0, 0.1) is 0 Å². The lowest BCUT2D eigenvalue weighted by atomic mass is 9.94. The third kappa shape index (κ3) is 4.86. The van der Waals surface area contributed by atoms with Gasteiger partial charge >= 0.3 is 0 Å². The number of Topliss-reactive ketones (excluding diaryl/α,β-unsaturated/α-hetero) is 1. The van der Waals surface area contributed by atoms with Gasteiger partial charge in [0.2, 0.25) is 0 Å². The highest BCUT2D eigenvalue weighted by Gasteiger charge is 2.24. The molecular weight excluding hydrogens is 526 g/mol. The molecule has 0 aliphatic heterocycles. The minimum absolute atomic E-state index is 0.105. The molecule has 4 aromatic rings. The van der Waals surface area contributed by atoms with E-state index in [2.05, 4.69) is 20.9 Å². The first-order chi connectivity index (χ1) is 16.9. The highest BCUT2D eigenvalue weighted by atomic mass is 79.9. The summed E-state index contributed by atoms with van der Waals surface area (Å²) in [6, 6.07) is 15.1. The Morgan fingerprint density at radius 2 is 1.74 bits per heavy atom. The van der Waals surface area contributed by atoms with Gasteiger partial charge in [0.05, 0.1) is 17.9 Å². The molecule has 0 aliphatic carbocycles. The Hall–Kier alpha value is -3.10. The Bertz CT molecular complexity index is 1460. The molecule has 2 aromatic heterocycles. The van der Waals surface area contributed by atoms with Gasteiger partial charge in [-0.15, -0.1) is 11.3 Å². The molecule has 2 heterocycles. The van der Waals surface area contributed by atoms with Gasteiger partial charge in [0, 0.05) is 40.3 Å². The summed E-state index contributed by atoms with van der Waals surface area (Å²) in [6.45, 7) is 6.95. The predicted molar refractivity (Wildman–Crippen MR) is 144 cm³/mol. The number of thiazole rings is 1. The van der Waals surface area contributed by atoms with Crippen molar-refractivity contribution in [3.63, 3.8) is 0 Å². The molecule has 0 saturated carbocycles. The topological polar surface area (TPSA) is 72.3 Å². The number of amides is 1. The van der Waals surface area contributed by atoms with Crippen molar-refractivity contribution in [2.75, 3.05) is 13.1 Å². The van der Waals surface area contributed by atoms with E-state index in [1.165, 1.54) is 15.9 Å². The number of halogens is 1. The second-order valence-corrected chi connectivity index (χ2v) is 9.84. The molecule has 0 radical (unpaired) electrons. The van der Waals surface area contributed by atoms with E-state index in [9.17, 15) is 14.4 Å². The van der Waals surface area contributed by atoms with Crippen LogP contribution in [0.15, 0.2) is 63.2 Å². The van der Waals surface area contributed by atoms with Crippen LogP contribution < -0.4 is 5.56 Å². The number of nitrogens with zero attached hydrogens (tertiary/aromatic N) is 3. The molecule has 0 spiro atoms. The Kier molecular flexibility index (Phi) is 7.62. The monoisotopic (exact) mass is 551 g/mol. The molecule has 2 aromatic carbocycles. The maximum Gasteiger partial charge on any atom is 0.282 e. The average molecular weight is 552 g/mol. The number of carbonyl (C=O) groups is 2. The van der Waals surface area contributed by atoms with Gasteiger partial charge in [-0.3, -0.25) is 19.0 Å². The fourth-order valence-electron chi connectivity index (χ4n) is 4.21. The summed E-state index contributed by atoms with van der Waals surface area (Å²) in [4.78, 5) is 46.0. The van der Waals surface area contributed by atoms with Gasteiger partial charge in [0.1, 0.15) is 0 Å². The van der Waals surface area contributed by atoms with Crippen molar-refractivity contribution in [1.82, 2.24) is 14.5 Å². The number of aromatic nitrogens is 2. The molecule has 35 heavy (non-hydrogen) atoms. The first-order valence-electron chi connectivity index (χ1n) is 11.6. The van der Waals surface area contributed by atoms with Crippen LogP contribution in [0.1, 0.15) is 53.2 Å². The zero-order valence-electron chi connectivity index (χ0n) is 19.9. The summed E-state index contributed by atoms with van der Waals surface area (Å²) >= 11 is 4.78. The van der Waals surface area contributed by atoms with Crippen LogP contribution in [-0.4, -0.2) is 39.2 Å². The first kappa shape index (κ1) is 25.0. The molecule has 0 unspecified atom stereocenters. The van der Waals surface area contributed by atoms with Gasteiger partial charge in [-0.25, -0.2) is 4.98 Å². The van der Waals surface area contributed by atoms with Gasteiger partial charge in [-0.05, 0) is 43.0 Å². The van der Waals surface area contributed by atoms with Crippen molar-refractivity contribution in [1.29, 1.82) is 0 Å². The fraction of sp³-hybridized carbons (Fsp3) is 0.259. The van der Waals surface area contributed by atoms with E-state index in [1.807, 2.05) is 56.3 Å². The summed E-state index contributed by atoms with van der Waals surface area (Å²) in [5.41, 5.74) is 2.26. The number of hydrogen-bond acceptors (Lipinski definition) is 5. The smallest absolute Gasteiger partial charge is 0.282 e. The molecule has 4 rings (SSSR count). The lowest BCUT2D eigenvalue weighted by molar-refractivity contribution is 0.0772. The number of rotatable bonds is 8. The van der Waals surface area contributed by atoms with Crippen LogP contribution >= 0.6 is 27.3 Å². The largest absolute Gasteiger partial charge is 0.337 e. The minimum Gasteiger partial charge on any atom is -0.337 e. The van der Waals surface area contributed by atoms with Gasteiger partial charge in [0.25, 0.3) is 11.5 Å². The molecule has 6 nitrogen and oxygen atoms in total. The van der Waals surface area contributed by atoms with Crippen molar-refractivity contribution in [3.05, 3.63) is 85.1 Å². The van der Waals surface area contributed by atoms with E-state index >= 15 is 0 Å². The fourth-order valence-corrected chi connectivity index (χ4v) is 5.35. The maximum absolute atomic E-state index is 13.7. The summed E-state index contributed by atoms with van der Waals surface area (Å²) in [5.74, 6) is -0.255. The predicted octanol–water partition coefficient (Wildman–Crippen LogP) is 6.01. The molecule has 0 N–H and O–H groups in total. The number of ketones is 1. The molecule has 0 atom stereocenters. The summed E-state index contributed by atoms with van der Waals surface area (Å²) in [7, 11) is 0. The second-order valence-electron chi connectivity index (χ2n) is 8.07. The molecule has 1 amide bonds. The highest BCUT2D eigenvalue weighted by molar-refractivity contribution is 9.10. The van der Waals surface area contributed by atoms with Crippen molar-refractivity contribution in [2.45, 2.75) is 33.7 Å². The van der Waals surface area contributed by atoms with Crippen molar-refractivity contribution in [3.8, 4) is 11.1 Å². The third-order valence-corrected chi connectivity index (χ3v) is 7.36. The summed E-state index contributed by atoms with van der Waals surface area (Å²) in [6.07, 6.45) is 0.252. The van der Waals surface area contributed by atoms with Crippen LogP contribution in [0.3, 0.4) is 0 Å². The number of hydrogen-bond donors (Lipinski definition) is 0. The van der Waals surface area contributed by atoms with Crippen molar-refractivity contribution >= 4 is 49.7 Å². The Balaban J connectivity index is 1.95. The van der Waals surface area contributed by atoms with Gasteiger partial charge in [0.15, 0.2) is 10.8 Å². The van der Waals surface area contributed by atoms with E-state index < -0.39 is 0 Å². The average Bonchev–Trinajstić information content (AvgIpc) is 3.34. The molecule has 0 saturated heterocycles. The maximum atomic E-state index is 13.7. The highest BCUT2D eigenvalue weighted by Crippen LogP contribution is 2.33. The molecule has 0 aliphatic rings. The van der Waals surface area contributed by atoms with Crippen molar-refractivity contribution in [2.24, 2.45) is 0 Å². The SMILES string of the molecule is CCC(=O)c1c(-c2ccccc2)c2cc(Br)ccc2c(=O)n1Cc1csc(C(=O)N(CC)CC)n1. The number of carbonyl (C=O) groups excluding carboxylic acids is 2. The first-order valence-corrected chi connectivity index (χ1v) is 13.2. The Morgan fingerprint density at radius 1 is 1.03 bits per heavy atom. The minimum atomic E-state index is -0.256. The molecule has 0 fully saturated rings. The summed E-state index contributed by atoms with van der Waals surface area (Å²) < 4.78 is 2.35. The normalized spacial score (nSPS) is 11.1. The van der Waals surface area contributed by atoms with Gasteiger partial charge in [-0.2, -0.15) is 0 Å². The van der Waals surface area contributed by atoms with Crippen LogP contribution in [-0.2, 0) is 6.54 Å². The summed E-state index contributed by atoms with van der Waals surface area (Å²) in [5, 5.41) is 3.42. The number of pyridine rings is 1. The van der Waals surface area contributed by atoms with Crippen LogP contribution in [0.4, 0.5) is 0 Å². The standard InChI is InChI=1S/C27H26BrN3O3S/c1-4-22(32)24-23(17-10-8-7-9-11-17)21-14-18(28)12-13-20(21)26(33)31(24)15-19-16-35-25(29-19)27(34)30(5-2)6-3/h7-14,16H,4-6,15H2,1-3H3. The zero-order valence-corrected chi connectivity index (χ0v) is 22.3. The molecular formula is C27H26BrN3O3S. The van der Waals surface area contributed by atoms with E-state index in [0.29, 0.717) is 34.9 Å².